The van der Waals surface area contributed by atoms with Gasteiger partial charge in [-0.2, -0.15) is 4.98 Å². The average Bonchev–Trinajstić information content (AvgIpc) is 3.45. The Kier molecular flexibility index (Phi) is 5.32. The van der Waals surface area contributed by atoms with Crippen LogP contribution >= 0.6 is 11.3 Å². The Bertz CT molecular complexity index is 911. The average molecular weight is 381 g/mol. The summed E-state index contributed by atoms with van der Waals surface area (Å²) in [6, 6.07) is 15.6. The lowest BCUT2D eigenvalue weighted by Crippen LogP contribution is -2.22. The summed E-state index contributed by atoms with van der Waals surface area (Å²) in [7, 11) is 1.64. The molecule has 0 saturated carbocycles. The quantitative estimate of drug-likeness (QED) is 0.444. The molecule has 0 spiro atoms. The van der Waals surface area contributed by atoms with Gasteiger partial charge in [0, 0.05) is 17.0 Å². The number of aromatic nitrogens is 2. The van der Waals surface area contributed by atoms with E-state index in [1.165, 1.54) is 4.88 Å². The van der Waals surface area contributed by atoms with Crippen molar-refractivity contribution in [2.75, 3.05) is 7.11 Å². The van der Waals surface area contributed by atoms with Crippen LogP contribution in [0.5, 0.6) is 5.75 Å². The molecular weight excluding hydrogens is 362 g/mol. The highest BCUT2D eigenvalue weighted by atomic mass is 32.1. The van der Waals surface area contributed by atoms with E-state index in [0.29, 0.717) is 24.8 Å². The normalized spacial score (nSPS) is 11.2. The molecule has 0 unspecified atom stereocenters. The standard InChI is InChI=1S/C20H19N3O3S/c1-24-16-8-6-15(7-9-16)20-21-19(22-26-20)14-23(12-17-4-2-10-25-17)13-18-5-3-11-27-18/h2-11H,12-14H2,1H3. The number of methoxy groups -OCH3 is 1. The first-order valence-corrected chi connectivity index (χ1v) is 9.42. The highest BCUT2D eigenvalue weighted by molar-refractivity contribution is 7.09. The van der Waals surface area contributed by atoms with Crippen LogP contribution in [0, 0.1) is 0 Å². The smallest absolute Gasteiger partial charge is 0.257 e. The number of rotatable bonds is 8. The molecule has 0 aliphatic rings. The third kappa shape index (κ3) is 4.45. The maximum Gasteiger partial charge on any atom is 0.257 e. The zero-order chi connectivity index (χ0) is 18.5. The molecule has 0 saturated heterocycles. The first-order valence-electron chi connectivity index (χ1n) is 8.54. The number of benzene rings is 1. The zero-order valence-corrected chi connectivity index (χ0v) is 15.7. The highest BCUT2D eigenvalue weighted by Gasteiger charge is 2.15. The summed E-state index contributed by atoms with van der Waals surface area (Å²) in [6.45, 7) is 2.04. The zero-order valence-electron chi connectivity index (χ0n) is 14.9. The first-order chi connectivity index (χ1) is 13.3. The SMILES string of the molecule is COc1ccc(-c2nc(CN(Cc3ccco3)Cc3cccs3)no2)cc1. The van der Waals surface area contributed by atoms with Crippen molar-refractivity contribution in [3.63, 3.8) is 0 Å². The van der Waals surface area contributed by atoms with Crippen molar-refractivity contribution in [1.29, 1.82) is 0 Å². The molecule has 0 fully saturated rings. The van der Waals surface area contributed by atoms with Crippen LogP contribution in [0.2, 0.25) is 0 Å². The molecule has 3 aromatic heterocycles. The van der Waals surface area contributed by atoms with E-state index in [-0.39, 0.29) is 0 Å². The molecule has 6 nitrogen and oxygen atoms in total. The Balaban J connectivity index is 1.49. The van der Waals surface area contributed by atoms with Gasteiger partial charge >= 0.3 is 0 Å². The van der Waals surface area contributed by atoms with E-state index in [1.807, 2.05) is 36.4 Å². The molecular formula is C20H19N3O3S. The predicted molar refractivity (Wildman–Crippen MR) is 102 cm³/mol. The van der Waals surface area contributed by atoms with Gasteiger partial charge in [-0.1, -0.05) is 11.2 Å². The number of ether oxygens (including phenoxy) is 1. The molecule has 1 aromatic carbocycles. The Morgan fingerprint density at radius 3 is 2.63 bits per heavy atom. The minimum Gasteiger partial charge on any atom is -0.497 e. The summed E-state index contributed by atoms with van der Waals surface area (Å²) in [6.07, 6.45) is 1.69. The molecule has 0 bridgehead atoms. The third-order valence-electron chi connectivity index (χ3n) is 4.09. The van der Waals surface area contributed by atoms with E-state index in [1.54, 1.807) is 24.7 Å². The van der Waals surface area contributed by atoms with Crippen LogP contribution in [0.4, 0.5) is 0 Å². The van der Waals surface area contributed by atoms with Crippen LogP contribution in [-0.4, -0.2) is 22.2 Å². The van der Waals surface area contributed by atoms with Crippen molar-refractivity contribution in [2.24, 2.45) is 0 Å². The Labute approximate surface area is 161 Å². The molecule has 0 N–H and O–H groups in total. The van der Waals surface area contributed by atoms with Gasteiger partial charge in [0.05, 0.1) is 26.5 Å². The maximum atomic E-state index is 5.50. The summed E-state index contributed by atoms with van der Waals surface area (Å²) >= 11 is 1.73. The molecule has 0 aliphatic heterocycles. The number of hydrogen-bond acceptors (Lipinski definition) is 7. The lowest BCUT2D eigenvalue weighted by Gasteiger charge is -2.18. The summed E-state index contributed by atoms with van der Waals surface area (Å²) in [5.41, 5.74) is 0.866. The summed E-state index contributed by atoms with van der Waals surface area (Å²) in [4.78, 5) is 8.05. The van der Waals surface area contributed by atoms with Gasteiger partial charge < -0.3 is 13.7 Å². The van der Waals surface area contributed by atoms with Crippen molar-refractivity contribution < 1.29 is 13.7 Å². The fraction of sp³-hybridized carbons (Fsp3) is 0.200. The van der Waals surface area contributed by atoms with Crippen molar-refractivity contribution >= 4 is 11.3 Å². The van der Waals surface area contributed by atoms with Gasteiger partial charge in [-0.05, 0) is 47.8 Å². The molecule has 4 rings (SSSR count). The van der Waals surface area contributed by atoms with E-state index in [0.717, 1.165) is 23.6 Å². The van der Waals surface area contributed by atoms with Gasteiger partial charge in [-0.15, -0.1) is 11.3 Å². The molecule has 0 radical (unpaired) electrons. The summed E-state index contributed by atoms with van der Waals surface area (Å²) < 4.78 is 16.1. The van der Waals surface area contributed by atoms with Crippen molar-refractivity contribution in [2.45, 2.75) is 19.6 Å². The fourth-order valence-electron chi connectivity index (χ4n) is 2.78. The molecule has 27 heavy (non-hydrogen) atoms. The topological polar surface area (TPSA) is 64.5 Å². The third-order valence-corrected chi connectivity index (χ3v) is 4.95. The molecule has 0 amide bonds. The lowest BCUT2D eigenvalue weighted by molar-refractivity contribution is 0.220. The minimum atomic E-state index is 0.502. The van der Waals surface area contributed by atoms with Gasteiger partial charge in [0.1, 0.15) is 11.5 Å². The minimum absolute atomic E-state index is 0.502. The molecule has 138 valence electrons. The van der Waals surface area contributed by atoms with Crippen LogP contribution < -0.4 is 4.74 Å². The molecule has 7 heteroatoms. The monoisotopic (exact) mass is 381 g/mol. The van der Waals surface area contributed by atoms with Crippen molar-refractivity contribution in [1.82, 2.24) is 15.0 Å². The first kappa shape index (κ1) is 17.5. The number of thiophene rings is 1. The Hall–Kier alpha value is -2.90. The van der Waals surface area contributed by atoms with Crippen molar-refractivity contribution in [3.05, 3.63) is 76.6 Å². The van der Waals surface area contributed by atoms with Gasteiger partial charge in [0.25, 0.3) is 5.89 Å². The molecule has 0 aliphatic carbocycles. The van der Waals surface area contributed by atoms with Crippen LogP contribution in [0.15, 0.2) is 69.1 Å². The Morgan fingerprint density at radius 2 is 1.93 bits per heavy atom. The highest BCUT2D eigenvalue weighted by Crippen LogP contribution is 2.22. The second-order valence-electron chi connectivity index (χ2n) is 6.05. The van der Waals surface area contributed by atoms with E-state index < -0.39 is 0 Å². The molecule has 3 heterocycles. The second-order valence-corrected chi connectivity index (χ2v) is 7.08. The summed E-state index contributed by atoms with van der Waals surface area (Å²) in [5.74, 6) is 2.84. The molecule has 4 aromatic rings. The van der Waals surface area contributed by atoms with Crippen LogP contribution in [0.25, 0.3) is 11.5 Å². The van der Waals surface area contributed by atoms with Gasteiger partial charge in [-0.3, -0.25) is 4.90 Å². The van der Waals surface area contributed by atoms with E-state index in [9.17, 15) is 0 Å². The summed E-state index contributed by atoms with van der Waals surface area (Å²) in [5, 5.41) is 6.23. The largest absolute Gasteiger partial charge is 0.497 e. The van der Waals surface area contributed by atoms with Gasteiger partial charge in [0.15, 0.2) is 5.82 Å². The van der Waals surface area contributed by atoms with Crippen LogP contribution in [0.1, 0.15) is 16.5 Å². The van der Waals surface area contributed by atoms with Gasteiger partial charge in [-0.25, -0.2) is 0 Å². The molecule has 0 atom stereocenters. The lowest BCUT2D eigenvalue weighted by atomic mass is 10.2. The number of hydrogen-bond donors (Lipinski definition) is 0. The van der Waals surface area contributed by atoms with E-state index in [4.69, 9.17) is 13.7 Å². The fourth-order valence-corrected chi connectivity index (χ4v) is 3.53. The number of furan rings is 1. The van der Waals surface area contributed by atoms with Crippen LogP contribution in [-0.2, 0) is 19.6 Å². The second kappa shape index (κ2) is 8.20. The van der Waals surface area contributed by atoms with E-state index in [2.05, 4.69) is 32.6 Å². The van der Waals surface area contributed by atoms with E-state index >= 15 is 0 Å². The predicted octanol–water partition coefficient (Wildman–Crippen LogP) is 4.60. The van der Waals surface area contributed by atoms with Crippen LogP contribution in [0.3, 0.4) is 0 Å². The maximum absolute atomic E-state index is 5.50. The Morgan fingerprint density at radius 1 is 1.04 bits per heavy atom. The number of nitrogens with zero attached hydrogens (tertiary/aromatic N) is 3. The van der Waals surface area contributed by atoms with Gasteiger partial charge in [0.2, 0.25) is 0 Å². The van der Waals surface area contributed by atoms with Crippen molar-refractivity contribution in [3.8, 4) is 17.2 Å².